The van der Waals surface area contributed by atoms with Gasteiger partial charge in [0.15, 0.2) is 0 Å². The number of hydrogen-bond donors (Lipinski definition) is 2. The Kier molecular flexibility index (Phi) is 6.79. The van der Waals surface area contributed by atoms with E-state index in [2.05, 4.69) is 10.2 Å². The van der Waals surface area contributed by atoms with Gasteiger partial charge in [-0.1, -0.05) is 49.6 Å². The number of thioether (sulfide) groups is 1. The summed E-state index contributed by atoms with van der Waals surface area (Å²) in [6.45, 7) is 3.09. The van der Waals surface area contributed by atoms with Crippen molar-refractivity contribution in [2.75, 3.05) is 31.1 Å². The number of benzene rings is 1. The first-order valence-electron chi connectivity index (χ1n) is 9.60. The van der Waals surface area contributed by atoms with E-state index in [9.17, 15) is 4.79 Å². The molecule has 2 fully saturated rings. The Morgan fingerprint density at radius 1 is 1.16 bits per heavy atom. The van der Waals surface area contributed by atoms with Gasteiger partial charge in [-0.25, -0.2) is 0 Å². The third kappa shape index (κ3) is 4.99. The van der Waals surface area contributed by atoms with Crippen molar-refractivity contribution < 1.29 is 4.79 Å². The van der Waals surface area contributed by atoms with Gasteiger partial charge >= 0.3 is 0 Å². The molecule has 1 aliphatic carbocycles. The van der Waals surface area contributed by atoms with Gasteiger partial charge in [0.2, 0.25) is 5.91 Å². The first-order chi connectivity index (χ1) is 12.2. The number of rotatable bonds is 6. The predicted octanol–water partition coefficient (Wildman–Crippen LogP) is 2.94. The summed E-state index contributed by atoms with van der Waals surface area (Å²) < 4.78 is 0. The van der Waals surface area contributed by atoms with E-state index < -0.39 is 0 Å². The quantitative estimate of drug-likeness (QED) is 0.818. The number of nitrogens with two attached hydrogens (primary N) is 1. The van der Waals surface area contributed by atoms with Crippen LogP contribution in [0.2, 0.25) is 0 Å². The third-order valence-corrected chi connectivity index (χ3v) is 6.66. The summed E-state index contributed by atoms with van der Waals surface area (Å²) in [5, 5.41) is 3.22. The minimum absolute atomic E-state index is 0.0766. The lowest BCUT2D eigenvalue weighted by atomic mass is 9.80. The molecule has 1 aliphatic heterocycles. The maximum Gasteiger partial charge on any atom is 0.221 e. The Morgan fingerprint density at radius 3 is 2.52 bits per heavy atom. The van der Waals surface area contributed by atoms with E-state index in [1.807, 2.05) is 42.1 Å². The van der Waals surface area contributed by atoms with E-state index in [1.165, 1.54) is 43.6 Å². The van der Waals surface area contributed by atoms with E-state index >= 15 is 0 Å². The second-order valence-corrected chi connectivity index (χ2v) is 8.61. The van der Waals surface area contributed by atoms with Crippen molar-refractivity contribution in [3.05, 3.63) is 35.9 Å². The summed E-state index contributed by atoms with van der Waals surface area (Å²) in [5.74, 6) is 2.51. The number of nitrogens with one attached hydrogen (secondary N) is 1. The van der Waals surface area contributed by atoms with Crippen LogP contribution in [0.25, 0.3) is 0 Å². The largest absolute Gasteiger partial charge is 0.354 e. The maximum absolute atomic E-state index is 12.5. The van der Waals surface area contributed by atoms with Gasteiger partial charge in [-0.2, -0.15) is 11.8 Å². The molecule has 1 aromatic carbocycles. The molecular weight excluding hydrogens is 330 g/mol. The van der Waals surface area contributed by atoms with Crippen LogP contribution >= 0.6 is 11.8 Å². The van der Waals surface area contributed by atoms with E-state index in [4.69, 9.17) is 5.73 Å². The minimum Gasteiger partial charge on any atom is -0.354 e. The molecule has 1 unspecified atom stereocenters. The van der Waals surface area contributed by atoms with Crippen LogP contribution in [-0.2, 0) is 4.79 Å². The first kappa shape index (κ1) is 18.7. The van der Waals surface area contributed by atoms with Crippen LogP contribution in [-0.4, -0.2) is 47.5 Å². The lowest BCUT2D eigenvalue weighted by Crippen LogP contribution is -2.59. The second kappa shape index (κ2) is 9.06. The first-order valence-corrected chi connectivity index (χ1v) is 10.8. The Bertz CT molecular complexity index is 539. The molecule has 0 radical (unpaired) electrons. The summed E-state index contributed by atoms with van der Waals surface area (Å²) in [7, 11) is 0. The summed E-state index contributed by atoms with van der Waals surface area (Å²) in [5.41, 5.74) is 7.40. The Hall–Kier alpha value is -1.04. The molecule has 1 saturated carbocycles. The van der Waals surface area contributed by atoms with Crippen LogP contribution in [0.3, 0.4) is 0 Å². The van der Waals surface area contributed by atoms with E-state index in [1.54, 1.807) is 0 Å². The predicted molar refractivity (Wildman–Crippen MR) is 106 cm³/mol. The van der Waals surface area contributed by atoms with Gasteiger partial charge in [-0.05, 0) is 18.4 Å². The Labute approximate surface area is 155 Å². The van der Waals surface area contributed by atoms with Gasteiger partial charge in [0.05, 0.1) is 0 Å². The Balaban J connectivity index is 1.56. The number of nitrogens with zero attached hydrogens (tertiary/aromatic N) is 1. The fourth-order valence-electron chi connectivity index (χ4n) is 4.21. The van der Waals surface area contributed by atoms with Crippen LogP contribution in [0.4, 0.5) is 0 Å². The molecule has 3 N–H and O–H groups in total. The van der Waals surface area contributed by atoms with Crippen LogP contribution in [0.1, 0.15) is 50.1 Å². The normalized spacial score (nSPS) is 22.3. The van der Waals surface area contributed by atoms with E-state index in [0.29, 0.717) is 6.42 Å². The highest BCUT2D eigenvalue weighted by Gasteiger charge is 2.38. The zero-order valence-corrected chi connectivity index (χ0v) is 15.9. The minimum atomic E-state index is -0.227. The van der Waals surface area contributed by atoms with Crippen LogP contribution in [0, 0.1) is 0 Å². The van der Waals surface area contributed by atoms with Crippen molar-refractivity contribution in [1.82, 2.24) is 10.2 Å². The van der Waals surface area contributed by atoms with Crippen molar-refractivity contribution in [3.8, 4) is 0 Å². The van der Waals surface area contributed by atoms with Crippen molar-refractivity contribution in [1.29, 1.82) is 0 Å². The van der Waals surface area contributed by atoms with Gasteiger partial charge in [0.1, 0.15) is 0 Å². The lowest BCUT2D eigenvalue weighted by molar-refractivity contribution is -0.122. The standard InChI is InChI=1S/C20H31N3OS/c21-18(17-7-3-1-4-8-17)15-19(24)22-16-20(9-5-2-6-10-20)23-11-13-25-14-12-23/h1,3-4,7-8,18H,2,5-6,9-16,21H2,(H,22,24). The summed E-state index contributed by atoms with van der Waals surface area (Å²) >= 11 is 2.05. The third-order valence-electron chi connectivity index (χ3n) is 5.71. The van der Waals surface area contributed by atoms with Gasteiger partial charge < -0.3 is 11.1 Å². The van der Waals surface area contributed by atoms with E-state index in [-0.39, 0.29) is 17.5 Å². The Morgan fingerprint density at radius 2 is 1.84 bits per heavy atom. The molecule has 4 nitrogen and oxygen atoms in total. The number of carbonyl (C=O) groups is 1. The van der Waals surface area contributed by atoms with E-state index in [0.717, 1.165) is 25.2 Å². The molecule has 1 amide bonds. The number of hydrogen-bond acceptors (Lipinski definition) is 4. The molecule has 0 bridgehead atoms. The monoisotopic (exact) mass is 361 g/mol. The summed E-state index contributed by atoms with van der Waals surface area (Å²) in [4.78, 5) is 15.1. The summed E-state index contributed by atoms with van der Waals surface area (Å²) in [6, 6.07) is 9.67. The van der Waals surface area contributed by atoms with Crippen molar-refractivity contribution >= 4 is 17.7 Å². The van der Waals surface area contributed by atoms with Crippen LogP contribution in [0.5, 0.6) is 0 Å². The molecule has 138 valence electrons. The molecule has 1 heterocycles. The average molecular weight is 362 g/mol. The van der Waals surface area contributed by atoms with Crippen molar-refractivity contribution in [3.63, 3.8) is 0 Å². The zero-order chi connectivity index (χ0) is 17.5. The average Bonchev–Trinajstić information content (AvgIpc) is 2.68. The molecular formula is C20H31N3OS. The smallest absolute Gasteiger partial charge is 0.221 e. The lowest BCUT2D eigenvalue weighted by Gasteiger charge is -2.48. The van der Waals surface area contributed by atoms with Gasteiger partial charge in [-0.15, -0.1) is 0 Å². The van der Waals surface area contributed by atoms with Gasteiger partial charge in [-0.3, -0.25) is 9.69 Å². The maximum atomic E-state index is 12.5. The number of amides is 1. The zero-order valence-electron chi connectivity index (χ0n) is 15.1. The van der Waals surface area contributed by atoms with Gasteiger partial charge in [0, 0.05) is 49.1 Å². The molecule has 2 aliphatic rings. The molecule has 25 heavy (non-hydrogen) atoms. The second-order valence-electron chi connectivity index (χ2n) is 7.38. The molecule has 0 aromatic heterocycles. The fraction of sp³-hybridized carbons (Fsp3) is 0.650. The molecule has 0 spiro atoms. The van der Waals surface area contributed by atoms with Crippen molar-refractivity contribution in [2.24, 2.45) is 5.73 Å². The fourth-order valence-corrected chi connectivity index (χ4v) is 5.11. The molecule has 5 heteroatoms. The summed E-state index contributed by atoms with van der Waals surface area (Å²) in [6.07, 6.45) is 6.67. The highest BCUT2D eigenvalue weighted by atomic mass is 32.2. The molecule has 1 atom stereocenters. The highest BCUT2D eigenvalue weighted by Crippen LogP contribution is 2.34. The van der Waals surface area contributed by atoms with Crippen molar-refractivity contribution in [2.45, 2.75) is 50.1 Å². The molecule has 1 aromatic rings. The van der Waals surface area contributed by atoms with Crippen LogP contribution < -0.4 is 11.1 Å². The highest BCUT2D eigenvalue weighted by molar-refractivity contribution is 7.99. The number of carbonyl (C=O) groups excluding carboxylic acids is 1. The van der Waals surface area contributed by atoms with Crippen LogP contribution in [0.15, 0.2) is 30.3 Å². The topological polar surface area (TPSA) is 58.4 Å². The van der Waals surface area contributed by atoms with Gasteiger partial charge in [0.25, 0.3) is 0 Å². The molecule has 3 rings (SSSR count). The SMILES string of the molecule is NC(CC(=O)NCC1(N2CCSCC2)CCCCC1)c1ccccc1. The molecule has 1 saturated heterocycles.